The number of piperazine rings is 1. The van der Waals surface area contributed by atoms with Gasteiger partial charge in [0.25, 0.3) is 0 Å². The number of hydrogen-bond donors (Lipinski definition) is 1. The molecule has 0 spiro atoms. The lowest BCUT2D eigenvalue weighted by Gasteiger charge is -2.33. The van der Waals surface area contributed by atoms with Crippen LogP contribution in [0.15, 0.2) is 18.3 Å². The molecule has 2 rings (SSSR count). The van der Waals surface area contributed by atoms with Crippen molar-refractivity contribution in [1.29, 1.82) is 0 Å². The Kier molecular flexibility index (Phi) is 3.58. The fraction of sp³-hybridized carbons (Fsp3) is 0.500. The summed E-state index contributed by atoms with van der Waals surface area (Å²) in [6.07, 6.45) is 2.11. The highest BCUT2D eigenvalue weighted by Crippen LogP contribution is 2.16. The summed E-state index contributed by atoms with van der Waals surface area (Å²) in [6.45, 7) is 4.81. The standard InChI is InChI=1S/C12H17N3O2/c1-10(17)11-2-3-12(13-8-11)15-6-4-14(9-16)5-7-15/h2-3,8-10,17H,4-7H2,1H3/t10-/m1/s1. The molecule has 1 aliphatic heterocycles. The van der Waals surface area contributed by atoms with E-state index in [1.165, 1.54) is 0 Å². The zero-order chi connectivity index (χ0) is 12.3. The van der Waals surface area contributed by atoms with Crippen LogP contribution in [-0.4, -0.2) is 47.6 Å². The number of aliphatic hydroxyl groups is 1. The number of carbonyl (C=O) groups excluding carboxylic acids is 1. The Bertz CT molecular complexity index is 370. The Hall–Kier alpha value is -1.62. The van der Waals surface area contributed by atoms with Gasteiger partial charge in [0.2, 0.25) is 6.41 Å². The van der Waals surface area contributed by atoms with E-state index in [4.69, 9.17) is 0 Å². The number of rotatable bonds is 3. The molecule has 1 N–H and O–H groups in total. The van der Waals surface area contributed by atoms with Crippen LogP contribution in [0.25, 0.3) is 0 Å². The molecule has 0 bridgehead atoms. The van der Waals surface area contributed by atoms with E-state index in [2.05, 4.69) is 9.88 Å². The number of pyridine rings is 1. The Balaban J connectivity index is 2.01. The number of aromatic nitrogens is 1. The van der Waals surface area contributed by atoms with Gasteiger partial charge in [-0.3, -0.25) is 4.79 Å². The molecule has 0 aliphatic carbocycles. The maximum atomic E-state index is 10.6. The average molecular weight is 235 g/mol. The summed E-state index contributed by atoms with van der Waals surface area (Å²) in [5, 5.41) is 9.39. The largest absolute Gasteiger partial charge is 0.389 e. The van der Waals surface area contributed by atoms with Crippen LogP contribution in [0.4, 0.5) is 5.82 Å². The smallest absolute Gasteiger partial charge is 0.209 e. The molecule has 1 atom stereocenters. The maximum Gasteiger partial charge on any atom is 0.209 e. The fourth-order valence-corrected chi connectivity index (χ4v) is 1.89. The number of carbonyl (C=O) groups is 1. The molecule has 1 amide bonds. The number of nitrogens with zero attached hydrogens (tertiary/aromatic N) is 3. The third-order valence-electron chi connectivity index (χ3n) is 3.04. The van der Waals surface area contributed by atoms with Gasteiger partial charge in [0.05, 0.1) is 6.10 Å². The average Bonchev–Trinajstić information content (AvgIpc) is 2.39. The number of aliphatic hydroxyl groups excluding tert-OH is 1. The van der Waals surface area contributed by atoms with Crippen LogP contribution in [0.1, 0.15) is 18.6 Å². The van der Waals surface area contributed by atoms with Crippen molar-refractivity contribution in [3.05, 3.63) is 23.9 Å². The Morgan fingerprint density at radius 2 is 2.06 bits per heavy atom. The van der Waals surface area contributed by atoms with Crippen LogP contribution in [0.2, 0.25) is 0 Å². The topological polar surface area (TPSA) is 56.7 Å². The quantitative estimate of drug-likeness (QED) is 0.771. The van der Waals surface area contributed by atoms with E-state index >= 15 is 0 Å². The number of hydrogen-bond acceptors (Lipinski definition) is 4. The highest BCUT2D eigenvalue weighted by Gasteiger charge is 2.16. The molecule has 1 aromatic heterocycles. The Morgan fingerprint density at radius 3 is 2.53 bits per heavy atom. The molecule has 0 unspecified atom stereocenters. The molecule has 1 fully saturated rings. The zero-order valence-corrected chi connectivity index (χ0v) is 9.91. The van der Waals surface area contributed by atoms with Crippen molar-refractivity contribution < 1.29 is 9.90 Å². The Morgan fingerprint density at radius 1 is 1.35 bits per heavy atom. The third-order valence-corrected chi connectivity index (χ3v) is 3.04. The minimum Gasteiger partial charge on any atom is -0.389 e. The first-order valence-corrected chi connectivity index (χ1v) is 5.79. The lowest BCUT2D eigenvalue weighted by Crippen LogP contribution is -2.46. The second-order valence-electron chi connectivity index (χ2n) is 4.25. The molecule has 5 heteroatoms. The minimum absolute atomic E-state index is 0.483. The molecule has 17 heavy (non-hydrogen) atoms. The van der Waals surface area contributed by atoms with E-state index in [-0.39, 0.29) is 0 Å². The summed E-state index contributed by atoms with van der Waals surface area (Å²) >= 11 is 0. The van der Waals surface area contributed by atoms with E-state index < -0.39 is 6.10 Å². The Labute approximate surface area is 101 Å². The second kappa shape index (κ2) is 5.14. The predicted octanol–water partition coefficient (Wildman–Crippen LogP) is 0.413. The van der Waals surface area contributed by atoms with E-state index in [0.29, 0.717) is 0 Å². The van der Waals surface area contributed by atoms with Crippen molar-refractivity contribution in [1.82, 2.24) is 9.88 Å². The first-order chi connectivity index (χ1) is 8.20. The molecule has 5 nitrogen and oxygen atoms in total. The summed E-state index contributed by atoms with van der Waals surface area (Å²) in [6, 6.07) is 3.80. The summed E-state index contributed by atoms with van der Waals surface area (Å²) < 4.78 is 0. The molecule has 0 aromatic carbocycles. The summed E-state index contributed by atoms with van der Waals surface area (Å²) in [5.74, 6) is 0.903. The normalized spacial score (nSPS) is 18.0. The lowest BCUT2D eigenvalue weighted by molar-refractivity contribution is -0.118. The van der Waals surface area contributed by atoms with Gasteiger partial charge < -0.3 is 14.9 Å². The van der Waals surface area contributed by atoms with Gasteiger partial charge in [-0.05, 0) is 18.6 Å². The molecular formula is C12H17N3O2. The van der Waals surface area contributed by atoms with Gasteiger partial charge in [-0.25, -0.2) is 4.98 Å². The monoisotopic (exact) mass is 235 g/mol. The minimum atomic E-state index is -0.483. The van der Waals surface area contributed by atoms with Gasteiger partial charge >= 0.3 is 0 Å². The maximum absolute atomic E-state index is 10.6. The van der Waals surface area contributed by atoms with Crippen LogP contribution in [0.3, 0.4) is 0 Å². The molecule has 0 radical (unpaired) electrons. The van der Waals surface area contributed by atoms with E-state index in [0.717, 1.165) is 44.0 Å². The second-order valence-corrected chi connectivity index (χ2v) is 4.25. The zero-order valence-electron chi connectivity index (χ0n) is 9.91. The molecule has 92 valence electrons. The van der Waals surface area contributed by atoms with Crippen molar-refractivity contribution in [3.8, 4) is 0 Å². The van der Waals surface area contributed by atoms with Gasteiger partial charge in [-0.1, -0.05) is 6.07 Å². The molecule has 0 saturated carbocycles. The van der Waals surface area contributed by atoms with Crippen LogP contribution in [0, 0.1) is 0 Å². The van der Waals surface area contributed by atoms with Crippen molar-refractivity contribution in [2.75, 3.05) is 31.1 Å². The summed E-state index contributed by atoms with van der Waals surface area (Å²) in [4.78, 5) is 18.8. The SMILES string of the molecule is C[C@@H](O)c1ccc(N2CCN(C=O)CC2)nc1. The van der Waals surface area contributed by atoms with Crippen molar-refractivity contribution in [3.63, 3.8) is 0 Å². The third kappa shape index (κ3) is 2.74. The first-order valence-electron chi connectivity index (χ1n) is 5.79. The van der Waals surface area contributed by atoms with E-state index in [9.17, 15) is 9.90 Å². The molecule has 1 saturated heterocycles. The van der Waals surface area contributed by atoms with Crippen LogP contribution < -0.4 is 4.90 Å². The van der Waals surface area contributed by atoms with Gasteiger partial charge in [-0.2, -0.15) is 0 Å². The van der Waals surface area contributed by atoms with Crippen molar-refractivity contribution >= 4 is 12.2 Å². The van der Waals surface area contributed by atoms with Crippen molar-refractivity contribution in [2.24, 2.45) is 0 Å². The highest BCUT2D eigenvalue weighted by atomic mass is 16.3. The number of anilines is 1. The van der Waals surface area contributed by atoms with Gasteiger partial charge in [0, 0.05) is 32.4 Å². The van der Waals surface area contributed by atoms with E-state index in [1.54, 1.807) is 18.0 Å². The van der Waals surface area contributed by atoms with Crippen LogP contribution >= 0.6 is 0 Å². The molecule has 1 aliphatic rings. The van der Waals surface area contributed by atoms with Gasteiger partial charge in [0.15, 0.2) is 0 Å². The highest BCUT2D eigenvalue weighted by molar-refractivity contribution is 5.49. The first kappa shape index (κ1) is 11.9. The molecule has 1 aromatic rings. The lowest BCUT2D eigenvalue weighted by atomic mass is 10.2. The van der Waals surface area contributed by atoms with Gasteiger partial charge in [0.1, 0.15) is 5.82 Å². The number of amides is 1. The van der Waals surface area contributed by atoms with Crippen LogP contribution in [0.5, 0.6) is 0 Å². The van der Waals surface area contributed by atoms with Gasteiger partial charge in [-0.15, -0.1) is 0 Å². The van der Waals surface area contributed by atoms with E-state index in [1.807, 2.05) is 12.1 Å². The summed E-state index contributed by atoms with van der Waals surface area (Å²) in [7, 11) is 0. The fourth-order valence-electron chi connectivity index (χ4n) is 1.89. The predicted molar refractivity (Wildman–Crippen MR) is 64.7 cm³/mol. The van der Waals surface area contributed by atoms with Crippen LogP contribution in [-0.2, 0) is 4.79 Å². The summed E-state index contributed by atoms with van der Waals surface area (Å²) in [5.41, 5.74) is 0.820. The molecular weight excluding hydrogens is 218 g/mol. The molecule has 2 heterocycles. The van der Waals surface area contributed by atoms with Crippen molar-refractivity contribution in [2.45, 2.75) is 13.0 Å².